The first-order chi connectivity index (χ1) is 7.02. The lowest BCUT2D eigenvalue weighted by Gasteiger charge is -2.16. The number of rotatable bonds is 7. The molecule has 0 aliphatic rings. The number of carboxylic acid groups (broad SMARTS) is 1. The average molecular weight is 218 g/mol. The number of ether oxygens (including phenoxy) is 1. The molecule has 88 valence electrons. The Balaban J connectivity index is 4.15. The predicted octanol–water partition coefficient (Wildman–Crippen LogP) is -0.670. The highest BCUT2D eigenvalue weighted by Gasteiger charge is 2.22. The van der Waals surface area contributed by atoms with Gasteiger partial charge in [0.2, 0.25) is 5.91 Å². The number of amides is 1. The molecule has 1 unspecified atom stereocenters. The normalized spacial score (nSPS) is 14.3. The number of carboxylic acids is 1. The number of methoxy groups -OCH3 is 1. The molecule has 0 aromatic carbocycles. The molecule has 0 spiro atoms. The second kappa shape index (κ2) is 7.19. The van der Waals surface area contributed by atoms with Gasteiger partial charge in [0.25, 0.3) is 0 Å². The SMILES string of the molecule is CCC[C@@H](N)C(=O)NC(COC)C(=O)O. The first-order valence-electron chi connectivity index (χ1n) is 4.80. The molecule has 6 nitrogen and oxygen atoms in total. The van der Waals surface area contributed by atoms with Crippen LogP contribution in [0.2, 0.25) is 0 Å². The summed E-state index contributed by atoms with van der Waals surface area (Å²) in [5.41, 5.74) is 5.53. The van der Waals surface area contributed by atoms with Gasteiger partial charge in [-0.3, -0.25) is 4.79 Å². The van der Waals surface area contributed by atoms with E-state index in [2.05, 4.69) is 10.1 Å². The van der Waals surface area contributed by atoms with Gasteiger partial charge >= 0.3 is 5.97 Å². The second-order valence-corrected chi connectivity index (χ2v) is 3.25. The van der Waals surface area contributed by atoms with Crippen LogP contribution in [0.15, 0.2) is 0 Å². The maximum atomic E-state index is 11.4. The standard InChI is InChI=1S/C9H18N2O4/c1-3-4-6(10)8(12)11-7(5-15-2)9(13)14/h6-7H,3-5,10H2,1-2H3,(H,11,12)(H,13,14)/t6-,7?/m1/s1. The summed E-state index contributed by atoms with van der Waals surface area (Å²) < 4.78 is 4.67. The fourth-order valence-electron chi connectivity index (χ4n) is 1.06. The summed E-state index contributed by atoms with van der Waals surface area (Å²) in [6.07, 6.45) is 1.31. The molecule has 2 atom stereocenters. The van der Waals surface area contributed by atoms with E-state index < -0.39 is 24.0 Å². The first-order valence-corrected chi connectivity index (χ1v) is 4.80. The molecule has 0 aliphatic heterocycles. The Labute approximate surface area is 88.8 Å². The Morgan fingerprint density at radius 1 is 1.53 bits per heavy atom. The highest BCUT2D eigenvalue weighted by atomic mass is 16.5. The number of nitrogens with two attached hydrogens (primary N) is 1. The maximum absolute atomic E-state index is 11.4. The van der Waals surface area contributed by atoms with Crippen LogP contribution in [-0.2, 0) is 14.3 Å². The van der Waals surface area contributed by atoms with Gasteiger partial charge in [-0.25, -0.2) is 4.79 Å². The lowest BCUT2D eigenvalue weighted by molar-refractivity contribution is -0.143. The number of nitrogens with one attached hydrogen (secondary N) is 1. The zero-order valence-corrected chi connectivity index (χ0v) is 9.03. The Morgan fingerprint density at radius 3 is 2.53 bits per heavy atom. The molecule has 6 heteroatoms. The number of carbonyl (C=O) groups excluding carboxylic acids is 1. The van der Waals surface area contributed by atoms with Crippen molar-refractivity contribution < 1.29 is 19.4 Å². The minimum Gasteiger partial charge on any atom is -0.480 e. The van der Waals surface area contributed by atoms with E-state index in [1.54, 1.807) is 0 Å². The summed E-state index contributed by atoms with van der Waals surface area (Å²) >= 11 is 0. The summed E-state index contributed by atoms with van der Waals surface area (Å²) in [5, 5.41) is 11.0. The van der Waals surface area contributed by atoms with Crippen LogP contribution in [0.4, 0.5) is 0 Å². The molecule has 0 saturated carbocycles. The van der Waals surface area contributed by atoms with E-state index >= 15 is 0 Å². The number of carbonyl (C=O) groups is 2. The van der Waals surface area contributed by atoms with Gasteiger partial charge in [-0.15, -0.1) is 0 Å². The highest BCUT2D eigenvalue weighted by molar-refractivity contribution is 5.86. The van der Waals surface area contributed by atoms with E-state index in [9.17, 15) is 9.59 Å². The van der Waals surface area contributed by atoms with E-state index in [-0.39, 0.29) is 6.61 Å². The van der Waals surface area contributed by atoms with Crippen molar-refractivity contribution in [2.24, 2.45) is 5.73 Å². The first kappa shape index (κ1) is 13.9. The maximum Gasteiger partial charge on any atom is 0.328 e. The third kappa shape index (κ3) is 5.34. The molecule has 0 bridgehead atoms. The van der Waals surface area contributed by atoms with Crippen LogP contribution in [-0.4, -0.2) is 42.8 Å². The molecule has 15 heavy (non-hydrogen) atoms. The van der Waals surface area contributed by atoms with E-state index in [0.29, 0.717) is 6.42 Å². The van der Waals surface area contributed by atoms with Gasteiger partial charge in [-0.05, 0) is 6.42 Å². The molecular formula is C9H18N2O4. The lowest BCUT2D eigenvalue weighted by Crippen LogP contribution is -2.50. The van der Waals surface area contributed by atoms with Crippen molar-refractivity contribution in [2.45, 2.75) is 31.8 Å². The van der Waals surface area contributed by atoms with Gasteiger partial charge in [0, 0.05) is 7.11 Å². The quantitative estimate of drug-likeness (QED) is 0.526. The molecule has 0 saturated heterocycles. The molecule has 0 aromatic rings. The molecule has 0 rings (SSSR count). The highest BCUT2D eigenvalue weighted by Crippen LogP contribution is 1.95. The van der Waals surface area contributed by atoms with Crippen LogP contribution >= 0.6 is 0 Å². The molecule has 0 aromatic heterocycles. The van der Waals surface area contributed by atoms with Gasteiger partial charge in [-0.1, -0.05) is 13.3 Å². The number of aliphatic carboxylic acids is 1. The van der Waals surface area contributed by atoms with Gasteiger partial charge in [0.1, 0.15) is 0 Å². The van der Waals surface area contributed by atoms with E-state index in [0.717, 1.165) is 6.42 Å². The molecule has 0 fully saturated rings. The second-order valence-electron chi connectivity index (χ2n) is 3.25. The van der Waals surface area contributed by atoms with Crippen molar-refractivity contribution in [2.75, 3.05) is 13.7 Å². The topological polar surface area (TPSA) is 102 Å². The molecule has 0 heterocycles. The lowest BCUT2D eigenvalue weighted by atomic mass is 10.1. The summed E-state index contributed by atoms with van der Waals surface area (Å²) in [4.78, 5) is 22.0. The van der Waals surface area contributed by atoms with Crippen LogP contribution in [0.3, 0.4) is 0 Å². The zero-order chi connectivity index (χ0) is 11.8. The Hall–Kier alpha value is -1.14. The summed E-state index contributed by atoms with van der Waals surface area (Å²) in [6, 6.07) is -1.70. The smallest absolute Gasteiger partial charge is 0.328 e. The van der Waals surface area contributed by atoms with Crippen LogP contribution in [0.25, 0.3) is 0 Å². The van der Waals surface area contributed by atoms with Gasteiger partial charge in [0.05, 0.1) is 12.6 Å². The Kier molecular flexibility index (Phi) is 6.64. The third-order valence-corrected chi connectivity index (χ3v) is 1.88. The van der Waals surface area contributed by atoms with E-state index in [1.165, 1.54) is 7.11 Å². The third-order valence-electron chi connectivity index (χ3n) is 1.88. The Morgan fingerprint density at radius 2 is 2.13 bits per heavy atom. The van der Waals surface area contributed by atoms with E-state index in [4.69, 9.17) is 10.8 Å². The average Bonchev–Trinajstić information content (AvgIpc) is 2.17. The summed E-state index contributed by atoms with van der Waals surface area (Å²) in [5.74, 6) is -1.59. The Bertz CT molecular complexity index is 220. The number of hydrogen-bond donors (Lipinski definition) is 3. The minimum absolute atomic E-state index is 0.0695. The monoisotopic (exact) mass is 218 g/mol. The minimum atomic E-state index is -1.13. The van der Waals surface area contributed by atoms with Crippen molar-refractivity contribution in [3.05, 3.63) is 0 Å². The molecule has 0 radical (unpaired) electrons. The van der Waals surface area contributed by atoms with Crippen molar-refractivity contribution >= 4 is 11.9 Å². The van der Waals surface area contributed by atoms with E-state index in [1.807, 2.05) is 6.92 Å². The van der Waals surface area contributed by atoms with Gasteiger partial charge in [-0.2, -0.15) is 0 Å². The fourth-order valence-corrected chi connectivity index (χ4v) is 1.06. The van der Waals surface area contributed by atoms with Crippen molar-refractivity contribution in [1.29, 1.82) is 0 Å². The van der Waals surface area contributed by atoms with Crippen LogP contribution in [0, 0.1) is 0 Å². The largest absolute Gasteiger partial charge is 0.480 e. The zero-order valence-electron chi connectivity index (χ0n) is 9.03. The van der Waals surface area contributed by atoms with Gasteiger partial charge < -0.3 is 20.9 Å². The van der Waals surface area contributed by atoms with Crippen LogP contribution in [0.1, 0.15) is 19.8 Å². The van der Waals surface area contributed by atoms with Crippen molar-refractivity contribution in [3.8, 4) is 0 Å². The van der Waals surface area contributed by atoms with Crippen LogP contribution in [0.5, 0.6) is 0 Å². The molecule has 4 N–H and O–H groups in total. The molecule has 0 aliphatic carbocycles. The summed E-state index contributed by atoms with van der Waals surface area (Å²) in [6.45, 7) is 1.83. The molecular weight excluding hydrogens is 200 g/mol. The van der Waals surface area contributed by atoms with Gasteiger partial charge in [0.15, 0.2) is 6.04 Å². The van der Waals surface area contributed by atoms with Crippen LogP contribution < -0.4 is 11.1 Å². The summed E-state index contributed by atoms with van der Waals surface area (Å²) in [7, 11) is 1.37. The van der Waals surface area contributed by atoms with Crippen molar-refractivity contribution in [3.63, 3.8) is 0 Å². The fraction of sp³-hybridized carbons (Fsp3) is 0.778. The van der Waals surface area contributed by atoms with Crippen molar-refractivity contribution in [1.82, 2.24) is 5.32 Å². The number of hydrogen-bond acceptors (Lipinski definition) is 4. The molecule has 1 amide bonds. The predicted molar refractivity (Wildman–Crippen MR) is 54.3 cm³/mol.